The number of hydrogen-bond donors (Lipinski definition) is 0. The Labute approximate surface area is 192 Å². The maximum Gasteiger partial charge on any atom is 0.409 e. The number of carbonyl (C=O) groups is 2. The maximum absolute atomic E-state index is 12.6. The molecule has 2 aliphatic rings. The minimum Gasteiger partial charge on any atom is -0.448 e. The van der Waals surface area contributed by atoms with Gasteiger partial charge in [-0.25, -0.2) is 4.79 Å². The van der Waals surface area contributed by atoms with Crippen LogP contribution in [0.5, 0.6) is 0 Å². The third-order valence-corrected chi connectivity index (χ3v) is 7.14. The zero-order valence-electron chi connectivity index (χ0n) is 19.4. The molecular weight excluding hydrogens is 398 g/mol. The third kappa shape index (κ3) is 4.90. The van der Waals surface area contributed by atoms with E-state index in [0.29, 0.717) is 32.5 Å². The lowest BCUT2D eigenvalue weighted by atomic mass is 9.89. The van der Waals surface area contributed by atoms with Gasteiger partial charge in [-0.15, -0.1) is 0 Å². The smallest absolute Gasteiger partial charge is 0.409 e. The first-order valence-electron chi connectivity index (χ1n) is 12.3. The van der Waals surface area contributed by atoms with E-state index in [1.54, 1.807) is 4.90 Å². The van der Waals surface area contributed by atoms with Crippen molar-refractivity contribution in [1.29, 1.82) is 0 Å². The number of hydrogen-bond acceptors (Lipinski definition) is 3. The molecule has 4 heteroatoms. The van der Waals surface area contributed by atoms with Gasteiger partial charge in [-0.2, -0.15) is 0 Å². The summed E-state index contributed by atoms with van der Waals surface area (Å²) in [6, 6.07) is 15.4. The van der Waals surface area contributed by atoms with Crippen LogP contribution in [0, 0.1) is 5.92 Å². The predicted molar refractivity (Wildman–Crippen MR) is 128 cm³/mol. The molecule has 2 unspecified atom stereocenters. The van der Waals surface area contributed by atoms with Gasteiger partial charge < -0.3 is 9.64 Å². The number of piperidine rings is 1. The van der Waals surface area contributed by atoms with Crippen molar-refractivity contribution in [3.63, 3.8) is 0 Å². The van der Waals surface area contributed by atoms with Crippen LogP contribution in [0.15, 0.2) is 42.5 Å². The van der Waals surface area contributed by atoms with Crippen LogP contribution in [0.25, 0.3) is 11.1 Å². The van der Waals surface area contributed by atoms with E-state index >= 15 is 0 Å². The number of ether oxygens (including phenoxy) is 1. The molecule has 1 heterocycles. The summed E-state index contributed by atoms with van der Waals surface area (Å²) in [5.41, 5.74) is 6.40. The summed E-state index contributed by atoms with van der Waals surface area (Å²) >= 11 is 0. The maximum atomic E-state index is 12.6. The van der Waals surface area contributed by atoms with E-state index in [1.165, 1.54) is 53.5 Å². The van der Waals surface area contributed by atoms with Crippen LogP contribution in [-0.4, -0.2) is 36.5 Å². The molecule has 170 valence electrons. The summed E-state index contributed by atoms with van der Waals surface area (Å²) in [4.78, 5) is 25.8. The lowest BCUT2D eigenvalue weighted by Gasteiger charge is -2.26. The van der Waals surface area contributed by atoms with Crippen molar-refractivity contribution in [3.05, 3.63) is 59.2 Å². The van der Waals surface area contributed by atoms with Gasteiger partial charge in [-0.1, -0.05) is 82.0 Å². The van der Waals surface area contributed by atoms with E-state index in [9.17, 15) is 9.59 Å². The van der Waals surface area contributed by atoms with E-state index in [2.05, 4.69) is 56.3 Å². The quantitative estimate of drug-likeness (QED) is 0.487. The Kier molecular flexibility index (Phi) is 7.29. The van der Waals surface area contributed by atoms with Crippen LogP contribution in [0.3, 0.4) is 0 Å². The average Bonchev–Trinajstić information content (AvgIpc) is 3.13. The molecule has 4 nitrogen and oxygen atoms in total. The van der Waals surface area contributed by atoms with Crippen molar-refractivity contribution in [2.45, 2.75) is 64.7 Å². The van der Waals surface area contributed by atoms with Gasteiger partial charge in [0.2, 0.25) is 0 Å². The Morgan fingerprint density at radius 1 is 1.06 bits per heavy atom. The first-order chi connectivity index (χ1) is 15.6. The van der Waals surface area contributed by atoms with Crippen molar-refractivity contribution in [1.82, 2.24) is 4.90 Å². The molecule has 1 fully saturated rings. The number of amides is 1. The van der Waals surface area contributed by atoms with Gasteiger partial charge in [0, 0.05) is 31.8 Å². The van der Waals surface area contributed by atoms with Gasteiger partial charge in [0.15, 0.2) is 0 Å². The van der Waals surface area contributed by atoms with Gasteiger partial charge in [-0.3, -0.25) is 4.79 Å². The number of likely N-dealkylation sites (tertiary alicyclic amines) is 1. The molecule has 2 aromatic carbocycles. The highest BCUT2D eigenvalue weighted by Crippen LogP contribution is 2.45. The summed E-state index contributed by atoms with van der Waals surface area (Å²) < 4.78 is 5.79. The van der Waals surface area contributed by atoms with Gasteiger partial charge >= 0.3 is 6.09 Å². The Bertz CT molecular complexity index is 957. The molecule has 1 saturated heterocycles. The Morgan fingerprint density at radius 3 is 2.56 bits per heavy atom. The zero-order valence-corrected chi connectivity index (χ0v) is 19.4. The van der Waals surface area contributed by atoms with E-state index < -0.39 is 0 Å². The summed E-state index contributed by atoms with van der Waals surface area (Å²) in [6.07, 6.45) is 6.69. The lowest BCUT2D eigenvalue weighted by Crippen LogP contribution is -2.39. The van der Waals surface area contributed by atoms with Gasteiger partial charge in [0.1, 0.15) is 12.4 Å². The van der Waals surface area contributed by atoms with Gasteiger partial charge in [0.25, 0.3) is 0 Å². The molecule has 0 aromatic heterocycles. The molecule has 1 amide bonds. The minimum absolute atomic E-state index is 0.0623. The average molecular weight is 434 g/mol. The second-order valence-electron chi connectivity index (χ2n) is 9.28. The summed E-state index contributed by atoms with van der Waals surface area (Å²) in [6.45, 7) is 5.82. The fourth-order valence-electron chi connectivity index (χ4n) is 5.13. The van der Waals surface area contributed by atoms with Crippen molar-refractivity contribution in [2.75, 3.05) is 19.7 Å². The van der Waals surface area contributed by atoms with Crippen molar-refractivity contribution >= 4 is 11.9 Å². The van der Waals surface area contributed by atoms with E-state index in [0.717, 1.165) is 12.3 Å². The fraction of sp³-hybridized carbons (Fsp3) is 0.500. The number of benzene rings is 2. The van der Waals surface area contributed by atoms with Crippen LogP contribution in [0.2, 0.25) is 0 Å². The summed E-state index contributed by atoms with van der Waals surface area (Å²) in [5.74, 6) is 1.01. The number of fused-ring (bicyclic) bond motifs is 3. The highest BCUT2D eigenvalue weighted by atomic mass is 16.6. The topological polar surface area (TPSA) is 46.6 Å². The van der Waals surface area contributed by atoms with E-state index in [4.69, 9.17) is 4.74 Å². The number of rotatable bonds is 8. The molecular formula is C28H35NO3. The Hall–Kier alpha value is -2.62. The predicted octanol–water partition coefficient (Wildman–Crippen LogP) is 6.36. The molecule has 4 rings (SSSR count). The molecule has 0 radical (unpaired) electrons. The molecule has 0 spiro atoms. The van der Waals surface area contributed by atoms with Crippen LogP contribution in [0.4, 0.5) is 4.79 Å². The SMILES string of the molecule is CCCCC(CC)Cc1ccc2c(c1)C(COC(=O)N1CCC(=O)CC1)c1ccccc1-2. The molecule has 0 bridgehead atoms. The van der Waals surface area contributed by atoms with Gasteiger partial charge in [-0.05, 0) is 40.2 Å². The van der Waals surface area contributed by atoms with E-state index in [-0.39, 0.29) is 17.8 Å². The molecule has 1 aliphatic carbocycles. The standard InChI is InChI=1S/C28H35NO3/c1-3-5-8-20(4-2)17-21-11-12-25-23-9-6-7-10-24(23)27(26(25)18-21)19-32-28(31)29-15-13-22(30)14-16-29/h6-7,9-12,18,20,27H,3-5,8,13-17,19H2,1-2H3. The second kappa shape index (κ2) is 10.3. The number of Topliss-reactive ketones (excluding diaryl/α,β-unsaturated/α-hetero) is 1. The molecule has 32 heavy (non-hydrogen) atoms. The van der Waals surface area contributed by atoms with Crippen molar-refractivity contribution in [3.8, 4) is 11.1 Å². The summed E-state index contributed by atoms with van der Waals surface area (Å²) in [7, 11) is 0. The van der Waals surface area contributed by atoms with Crippen molar-refractivity contribution in [2.24, 2.45) is 5.92 Å². The Balaban J connectivity index is 1.51. The van der Waals surface area contributed by atoms with Crippen LogP contribution in [0.1, 0.15) is 75.0 Å². The molecule has 1 aliphatic heterocycles. The van der Waals surface area contributed by atoms with Crippen LogP contribution >= 0.6 is 0 Å². The zero-order chi connectivity index (χ0) is 22.5. The van der Waals surface area contributed by atoms with Crippen LogP contribution in [-0.2, 0) is 16.0 Å². The largest absolute Gasteiger partial charge is 0.448 e. The number of unbranched alkanes of at least 4 members (excludes halogenated alkanes) is 1. The number of ketones is 1. The first-order valence-corrected chi connectivity index (χ1v) is 12.3. The molecule has 0 N–H and O–H groups in total. The molecule has 0 saturated carbocycles. The monoisotopic (exact) mass is 433 g/mol. The summed E-state index contributed by atoms with van der Waals surface area (Å²) in [5, 5.41) is 0. The lowest BCUT2D eigenvalue weighted by molar-refractivity contribution is -0.121. The second-order valence-corrected chi connectivity index (χ2v) is 9.28. The molecule has 2 aromatic rings. The minimum atomic E-state index is -0.301. The fourth-order valence-corrected chi connectivity index (χ4v) is 5.13. The van der Waals surface area contributed by atoms with E-state index in [1.807, 2.05) is 0 Å². The highest BCUT2D eigenvalue weighted by Gasteiger charge is 2.31. The van der Waals surface area contributed by atoms with Gasteiger partial charge in [0.05, 0.1) is 0 Å². The third-order valence-electron chi connectivity index (χ3n) is 7.14. The van der Waals surface area contributed by atoms with Crippen molar-refractivity contribution < 1.29 is 14.3 Å². The Morgan fingerprint density at radius 2 is 1.81 bits per heavy atom. The highest BCUT2D eigenvalue weighted by molar-refractivity contribution is 5.82. The normalized spacial score (nSPS) is 18.2. The first kappa shape index (κ1) is 22.6. The number of nitrogens with zero attached hydrogens (tertiary/aromatic N) is 1. The molecule has 2 atom stereocenters. The number of carbonyl (C=O) groups excluding carboxylic acids is 2. The van der Waals surface area contributed by atoms with Crippen LogP contribution < -0.4 is 0 Å².